The van der Waals surface area contributed by atoms with Gasteiger partial charge >= 0.3 is 0 Å². The van der Waals surface area contributed by atoms with Gasteiger partial charge in [-0.25, -0.2) is 5.43 Å². The SMILES string of the molecule is Cc1cc(OC(C)C(=O)N/N=C\c2ccc(Br)cc2)ccc1Cl. The number of hydrogen-bond donors (Lipinski definition) is 1. The first kappa shape index (κ1) is 17.5. The van der Waals surface area contributed by atoms with E-state index < -0.39 is 6.10 Å². The summed E-state index contributed by atoms with van der Waals surface area (Å²) in [6.45, 7) is 3.54. The van der Waals surface area contributed by atoms with Crippen LogP contribution in [0.25, 0.3) is 0 Å². The minimum Gasteiger partial charge on any atom is -0.481 e. The van der Waals surface area contributed by atoms with Crippen LogP contribution >= 0.6 is 27.5 Å². The first-order chi connectivity index (χ1) is 11.0. The third kappa shape index (κ3) is 5.37. The third-order valence-electron chi connectivity index (χ3n) is 3.07. The lowest BCUT2D eigenvalue weighted by Crippen LogP contribution is -2.33. The van der Waals surface area contributed by atoms with Crippen molar-refractivity contribution in [3.63, 3.8) is 0 Å². The number of aryl methyl sites for hydroxylation is 1. The molecule has 0 radical (unpaired) electrons. The highest BCUT2D eigenvalue weighted by atomic mass is 79.9. The number of nitrogens with one attached hydrogen (secondary N) is 1. The molecule has 0 heterocycles. The van der Waals surface area contributed by atoms with Gasteiger partial charge in [0.15, 0.2) is 6.10 Å². The number of amides is 1. The van der Waals surface area contributed by atoms with Crippen molar-refractivity contribution in [3.05, 3.63) is 63.1 Å². The fourth-order valence-corrected chi connectivity index (χ4v) is 2.14. The summed E-state index contributed by atoms with van der Waals surface area (Å²) in [5.74, 6) is 0.261. The highest BCUT2D eigenvalue weighted by molar-refractivity contribution is 9.10. The molecule has 0 bridgehead atoms. The molecule has 1 unspecified atom stereocenters. The molecule has 0 saturated heterocycles. The molecule has 0 aliphatic rings. The molecule has 2 rings (SSSR count). The van der Waals surface area contributed by atoms with Gasteiger partial charge < -0.3 is 4.74 Å². The zero-order valence-electron chi connectivity index (χ0n) is 12.7. The molecule has 0 aliphatic heterocycles. The Hall–Kier alpha value is -1.85. The fraction of sp³-hybridized carbons (Fsp3) is 0.176. The average Bonchev–Trinajstić information content (AvgIpc) is 2.52. The number of hydrazone groups is 1. The molecule has 4 nitrogen and oxygen atoms in total. The van der Waals surface area contributed by atoms with E-state index in [2.05, 4.69) is 26.5 Å². The molecule has 120 valence electrons. The van der Waals surface area contributed by atoms with Crippen molar-refractivity contribution < 1.29 is 9.53 Å². The maximum atomic E-state index is 12.0. The average molecular weight is 396 g/mol. The van der Waals surface area contributed by atoms with Crippen molar-refractivity contribution in [2.24, 2.45) is 5.10 Å². The molecule has 1 atom stereocenters. The number of halogens is 2. The van der Waals surface area contributed by atoms with Crippen molar-refractivity contribution in [2.45, 2.75) is 20.0 Å². The number of hydrogen-bond acceptors (Lipinski definition) is 3. The van der Waals surface area contributed by atoms with Crippen LogP contribution in [0.4, 0.5) is 0 Å². The Morgan fingerprint density at radius 2 is 2.00 bits per heavy atom. The lowest BCUT2D eigenvalue weighted by molar-refractivity contribution is -0.127. The standard InChI is InChI=1S/C17H16BrClN2O2/c1-11-9-15(7-8-16(11)19)23-12(2)17(22)21-20-10-13-3-5-14(18)6-4-13/h3-10,12H,1-2H3,(H,21,22)/b20-10-. The van der Waals surface area contributed by atoms with E-state index in [0.717, 1.165) is 15.6 Å². The van der Waals surface area contributed by atoms with Crippen LogP contribution in [0.5, 0.6) is 5.75 Å². The molecule has 23 heavy (non-hydrogen) atoms. The fourth-order valence-electron chi connectivity index (χ4n) is 1.76. The molecule has 2 aromatic carbocycles. The van der Waals surface area contributed by atoms with Crippen LogP contribution in [0.2, 0.25) is 5.02 Å². The van der Waals surface area contributed by atoms with Crippen molar-refractivity contribution in [1.29, 1.82) is 0 Å². The quantitative estimate of drug-likeness (QED) is 0.605. The minimum atomic E-state index is -0.669. The number of rotatable bonds is 5. The second-order valence-electron chi connectivity index (χ2n) is 4.96. The maximum absolute atomic E-state index is 12.0. The number of benzene rings is 2. The Morgan fingerprint density at radius 3 is 2.65 bits per heavy atom. The van der Waals surface area contributed by atoms with E-state index in [1.165, 1.54) is 0 Å². The van der Waals surface area contributed by atoms with Crippen LogP contribution in [-0.4, -0.2) is 18.2 Å². The van der Waals surface area contributed by atoms with Gasteiger partial charge in [-0.3, -0.25) is 4.79 Å². The van der Waals surface area contributed by atoms with Gasteiger partial charge in [0.25, 0.3) is 5.91 Å². The third-order valence-corrected chi connectivity index (χ3v) is 4.02. The number of carbonyl (C=O) groups is 1. The minimum absolute atomic E-state index is 0.328. The van der Waals surface area contributed by atoms with Gasteiger partial charge in [-0.1, -0.05) is 39.7 Å². The van der Waals surface area contributed by atoms with E-state index in [1.807, 2.05) is 31.2 Å². The first-order valence-corrected chi connectivity index (χ1v) is 8.14. The molecule has 0 spiro atoms. The van der Waals surface area contributed by atoms with Gasteiger partial charge in [0.2, 0.25) is 0 Å². The van der Waals surface area contributed by atoms with Gasteiger partial charge in [-0.05, 0) is 55.3 Å². The van der Waals surface area contributed by atoms with Crippen molar-refractivity contribution >= 4 is 39.7 Å². The topological polar surface area (TPSA) is 50.7 Å². The van der Waals surface area contributed by atoms with Gasteiger partial charge in [-0.2, -0.15) is 5.10 Å². The maximum Gasteiger partial charge on any atom is 0.280 e. The first-order valence-electron chi connectivity index (χ1n) is 6.97. The molecular weight excluding hydrogens is 380 g/mol. The summed E-state index contributed by atoms with van der Waals surface area (Å²) < 4.78 is 6.56. The van der Waals surface area contributed by atoms with Crippen molar-refractivity contribution in [2.75, 3.05) is 0 Å². The van der Waals surface area contributed by atoms with Crippen LogP contribution in [0, 0.1) is 6.92 Å². The van der Waals surface area contributed by atoms with Gasteiger partial charge in [0.05, 0.1) is 6.21 Å². The Labute approximate surface area is 148 Å². The van der Waals surface area contributed by atoms with Crippen LogP contribution in [-0.2, 0) is 4.79 Å². The highest BCUT2D eigenvalue weighted by Gasteiger charge is 2.14. The van der Waals surface area contributed by atoms with Crippen LogP contribution < -0.4 is 10.2 Å². The molecule has 1 N–H and O–H groups in total. The molecule has 1 amide bonds. The zero-order chi connectivity index (χ0) is 16.8. The van der Waals surface area contributed by atoms with Crippen molar-refractivity contribution in [1.82, 2.24) is 5.43 Å². The Kier molecular flexibility index (Phi) is 6.19. The van der Waals surface area contributed by atoms with Crippen LogP contribution in [0.1, 0.15) is 18.1 Å². The van der Waals surface area contributed by atoms with Gasteiger partial charge in [-0.15, -0.1) is 0 Å². The Morgan fingerprint density at radius 1 is 1.30 bits per heavy atom. The summed E-state index contributed by atoms with van der Waals surface area (Å²) in [4.78, 5) is 12.0. The van der Waals surface area contributed by atoms with E-state index in [-0.39, 0.29) is 5.91 Å². The molecule has 0 aromatic heterocycles. The Balaban J connectivity index is 1.89. The summed E-state index contributed by atoms with van der Waals surface area (Å²) in [5.41, 5.74) is 4.24. The molecule has 0 fully saturated rings. The summed E-state index contributed by atoms with van der Waals surface area (Å²) in [6, 6.07) is 12.8. The summed E-state index contributed by atoms with van der Waals surface area (Å²) in [5, 5.41) is 4.59. The molecule has 0 saturated carbocycles. The van der Waals surface area contributed by atoms with Crippen LogP contribution in [0.15, 0.2) is 52.0 Å². The van der Waals surface area contributed by atoms with E-state index in [9.17, 15) is 4.79 Å². The second-order valence-corrected chi connectivity index (χ2v) is 6.28. The predicted molar refractivity (Wildman–Crippen MR) is 96.2 cm³/mol. The number of ether oxygens (including phenoxy) is 1. The summed E-state index contributed by atoms with van der Waals surface area (Å²) in [7, 11) is 0. The Bertz CT molecular complexity index is 717. The van der Waals surface area contributed by atoms with Gasteiger partial charge in [0.1, 0.15) is 5.75 Å². The molecular formula is C17H16BrClN2O2. The number of nitrogens with zero attached hydrogens (tertiary/aromatic N) is 1. The highest BCUT2D eigenvalue weighted by Crippen LogP contribution is 2.21. The monoisotopic (exact) mass is 394 g/mol. The second kappa shape index (κ2) is 8.13. The normalized spacial score (nSPS) is 12.2. The largest absolute Gasteiger partial charge is 0.481 e. The van der Waals surface area contributed by atoms with E-state index in [0.29, 0.717) is 10.8 Å². The van der Waals surface area contributed by atoms with Crippen LogP contribution in [0.3, 0.4) is 0 Å². The number of carbonyl (C=O) groups excluding carboxylic acids is 1. The van der Waals surface area contributed by atoms with E-state index in [1.54, 1.807) is 31.3 Å². The van der Waals surface area contributed by atoms with Crippen molar-refractivity contribution in [3.8, 4) is 5.75 Å². The van der Waals surface area contributed by atoms with Gasteiger partial charge in [0, 0.05) is 9.50 Å². The summed E-state index contributed by atoms with van der Waals surface area (Å²) in [6.07, 6.45) is 0.904. The molecule has 6 heteroatoms. The molecule has 0 aliphatic carbocycles. The van der Waals surface area contributed by atoms with E-state index in [4.69, 9.17) is 16.3 Å². The lowest BCUT2D eigenvalue weighted by Gasteiger charge is -2.13. The smallest absolute Gasteiger partial charge is 0.280 e. The predicted octanol–water partition coefficient (Wildman–Crippen LogP) is 4.33. The summed E-state index contributed by atoms with van der Waals surface area (Å²) >= 11 is 9.32. The zero-order valence-corrected chi connectivity index (χ0v) is 15.1. The molecule has 2 aromatic rings. The lowest BCUT2D eigenvalue weighted by atomic mass is 10.2. The van der Waals surface area contributed by atoms with E-state index >= 15 is 0 Å².